The van der Waals surface area contributed by atoms with Crippen LogP contribution in [0.3, 0.4) is 0 Å². The van der Waals surface area contributed by atoms with Crippen LogP contribution in [-0.4, -0.2) is 18.6 Å². The van der Waals surface area contributed by atoms with Gasteiger partial charge in [0.25, 0.3) is 0 Å². The zero-order valence-electron chi connectivity index (χ0n) is 9.00. The van der Waals surface area contributed by atoms with Gasteiger partial charge in [0, 0.05) is 6.04 Å². The van der Waals surface area contributed by atoms with Crippen LogP contribution in [0.15, 0.2) is 0 Å². The molecular formula is C11H21NO2. The molecule has 0 aromatic carbocycles. The fourth-order valence-electron chi connectivity index (χ4n) is 1.81. The zero-order valence-corrected chi connectivity index (χ0v) is 9.00. The van der Waals surface area contributed by atoms with E-state index in [9.17, 15) is 4.79 Å². The fourth-order valence-corrected chi connectivity index (χ4v) is 1.81. The van der Waals surface area contributed by atoms with Crippen LogP contribution >= 0.6 is 0 Å². The van der Waals surface area contributed by atoms with Gasteiger partial charge in [-0.3, -0.25) is 4.79 Å². The molecule has 1 aliphatic rings. The van der Waals surface area contributed by atoms with Crippen molar-refractivity contribution in [2.24, 2.45) is 11.7 Å². The van der Waals surface area contributed by atoms with Crippen LogP contribution in [0, 0.1) is 5.92 Å². The van der Waals surface area contributed by atoms with E-state index in [1.807, 2.05) is 6.92 Å². The van der Waals surface area contributed by atoms with Crippen molar-refractivity contribution in [3.05, 3.63) is 0 Å². The van der Waals surface area contributed by atoms with Gasteiger partial charge in [-0.25, -0.2) is 0 Å². The highest BCUT2D eigenvalue weighted by Crippen LogP contribution is 2.24. The van der Waals surface area contributed by atoms with E-state index < -0.39 is 0 Å². The monoisotopic (exact) mass is 199 g/mol. The Hall–Kier alpha value is -0.570. The minimum absolute atomic E-state index is 0.0360. The van der Waals surface area contributed by atoms with E-state index in [-0.39, 0.29) is 12.0 Å². The first-order chi connectivity index (χ1) is 6.72. The lowest BCUT2D eigenvalue weighted by Gasteiger charge is -2.11. The van der Waals surface area contributed by atoms with E-state index in [0.29, 0.717) is 18.9 Å². The molecule has 0 aliphatic heterocycles. The first-order valence-corrected chi connectivity index (χ1v) is 5.63. The molecule has 1 rings (SSSR count). The van der Waals surface area contributed by atoms with Crippen LogP contribution in [0.5, 0.6) is 0 Å². The van der Waals surface area contributed by atoms with E-state index in [0.717, 1.165) is 6.42 Å². The molecule has 3 heteroatoms. The van der Waals surface area contributed by atoms with Crippen LogP contribution in [-0.2, 0) is 9.53 Å². The molecule has 14 heavy (non-hydrogen) atoms. The van der Waals surface area contributed by atoms with Gasteiger partial charge in [-0.2, -0.15) is 0 Å². The molecule has 1 saturated carbocycles. The Labute approximate surface area is 86.0 Å². The summed E-state index contributed by atoms with van der Waals surface area (Å²) in [5.74, 6) is 0.475. The number of esters is 1. The largest absolute Gasteiger partial charge is 0.465 e. The minimum atomic E-state index is -0.133. The first-order valence-electron chi connectivity index (χ1n) is 5.63. The third kappa shape index (κ3) is 4.09. The molecule has 0 spiro atoms. The molecule has 1 aliphatic carbocycles. The van der Waals surface area contributed by atoms with Crippen molar-refractivity contribution >= 4 is 5.97 Å². The summed E-state index contributed by atoms with van der Waals surface area (Å²) in [6.45, 7) is 2.59. The van der Waals surface area contributed by atoms with Crippen LogP contribution in [0.1, 0.15) is 45.4 Å². The predicted octanol–water partition coefficient (Wildman–Crippen LogP) is 1.85. The van der Waals surface area contributed by atoms with E-state index in [4.69, 9.17) is 10.5 Å². The normalized spacial score (nSPS) is 19.6. The van der Waals surface area contributed by atoms with Crippen molar-refractivity contribution in [1.82, 2.24) is 0 Å². The Bertz CT molecular complexity index is 176. The second-order valence-electron chi connectivity index (χ2n) is 4.21. The maximum absolute atomic E-state index is 11.3. The Kier molecular flexibility index (Phi) is 4.94. The highest BCUT2D eigenvalue weighted by Gasteiger charge is 2.17. The van der Waals surface area contributed by atoms with Gasteiger partial charge in [-0.1, -0.05) is 19.8 Å². The number of nitrogens with two attached hydrogens (primary N) is 1. The van der Waals surface area contributed by atoms with Gasteiger partial charge in [0.15, 0.2) is 0 Å². The Balaban J connectivity index is 2.08. The summed E-state index contributed by atoms with van der Waals surface area (Å²) < 4.78 is 5.18. The number of hydrogen-bond donors (Lipinski definition) is 1. The molecule has 82 valence electrons. The SMILES string of the molecule is CCC(N)CC(=O)OCC1CCCC1. The standard InChI is InChI=1S/C11H21NO2/c1-2-10(12)7-11(13)14-8-9-5-3-4-6-9/h9-10H,2-8,12H2,1H3. The summed E-state index contributed by atoms with van der Waals surface area (Å²) in [5.41, 5.74) is 5.66. The summed E-state index contributed by atoms with van der Waals surface area (Å²) in [5, 5.41) is 0. The average Bonchev–Trinajstić information content (AvgIpc) is 2.67. The highest BCUT2D eigenvalue weighted by molar-refractivity contribution is 5.70. The van der Waals surface area contributed by atoms with E-state index in [1.165, 1.54) is 25.7 Å². The van der Waals surface area contributed by atoms with Crippen molar-refractivity contribution < 1.29 is 9.53 Å². The van der Waals surface area contributed by atoms with Gasteiger partial charge in [-0.05, 0) is 25.2 Å². The van der Waals surface area contributed by atoms with Crippen LogP contribution in [0.4, 0.5) is 0 Å². The molecule has 0 saturated heterocycles. The molecule has 1 fully saturated rings. The molecular weight excluding hydrogens is 178 g/mol. The van der Waals surface area contributed by atoms with Crippen molar-refractivity contribution in [3.8, 4) is 0 Å². The smallest absolute Gasteiger partial charge is 0.307 e. The van der Waals surface area contributed by atoms with Gasteiger partial charge >= 0.3 is 5.97 Å². The molecule has 2 N–H and O–H groups in total. The quantitative estimate of drug-likeness (QED) is 0.687. The molecule has 0 aromatic rings. The fraction of sp³-hybridized carbons (Fsp3) is 0.909. The molecule has 0 amide bonds. The molecule has 1 atom stereocenters. The number of carbonyl (C=O) groups excluding carboxylic acids is 1. The second-order valence-corrected chi connectivity index (χ2v) is 4.21. The summed E-state index contributed by atoms with van der Waals surface area (Å²) >= 11 is 0. The van der Waals surface area contributed by atoms with Crippen LogP contribution in [0.2, 0.25) is 0 Å². The lowest BCUT2D eigenvalue weighted by atomic mass is 10.1. The maximum atomic E-state index is 11.3. The Morgan fingerprint density at radius 2 is 2.14 bits per heavy atom. The Morgan fingerprint density at radius 3 is 2.71 bits per heavy atom. The van der Waals surface area contributed by atoms with Crippen LogP contribution in [0.25, 0.3) is 0 Å². The molecule has 0 aromatic heterocycles. The maximum Gasteiger partial charge on any atom is 0.307 e. The summed E-state index contributed by atoms with van der Waals surface area (Å²) in [7, 11) is 0. The highest BCUT2D eigenvalue weighted by atomic mass is 16.5. The van der Waals surface area contributed by atoms with Gasteiger partial charge in [0.1, 0.15) is 0 Å². The summed E-state index contributed by atoms with van der Waals surface area (Å²) in [6.07, 6.45) is 6.20. The van der Waals surface area contributed by atoms with Crippen molar-refractivity contribution in [2.45, 2.75) is 51.5 Å². The third-order valence-corrected chi connectivity index (χ3v) is 2.91. The second kappa shape index (κ2) is 6.02. The number of ether oxygens (including phenoxy) is 1. The van der Waals surface area contributed by atoms with Gasteiger partial charge in [0.2, 0.25) is 0 Å². The minimum Gasteiger partial charge on any atom is -0.465 e. The Morgan fingerprint density at radius 1 is 1.50 bits per heavy atom. The van der Waals surface area contributed by atoms with Gasteiger partial charge in [-0.15, -0.1) is 0 Å². The number of rotatable bonds is 5. The first kappa shape index (κ1) is 11.5. The molecule has 0 radical (unpaired) electrons. The van der Waals surface area contributed by atoms with E-state index in [1.54, 1.807) is 0 Å². The lowest BCUT2D eigenvalue weighted by Crippen LogP contribution is -2.24. The van der Waals surface area contributed by atoms with Crippen molar-refractivity contribution in [1.29, 1.82) is 0 Å². The lowest BCUT2D eigenvalue weighted by molar-refractivity contribution is -0.145. The van der Waals surface area contributed by atoms with Crippen LogP contribution < -0.4 is 5.73 Å². The number of carbonyl (C=O) groups is 1. The third-order valence-electron chi connectivity index (χ3n) is 2.91. The van der Waals surface area contributed by atoms with E-state index in [2.05, 4.69) is 0 Å². The molecule has 0 bridgehead atoms. The molecule has 3 nitrogen and oxygen atoms in total. The predicted molar refractivity (Wildman–Crippen MR) is 55.8 cm³/mol. The van der Waals surface area contributed by atoms with Gasteiger partial charge < -0.3 is 10.5 Å². The molecule has 0 heterocycles. The zero-order chi connectivity index (χ0) is 10.4. The topological polar surface area (TPSA) is 52.3 Å². The summed E-state index contributed by atoms with van der Waals surface area (Å²) in [4.78, 5) is 11.3. The number of hydrogen-bond acceptors (Lipinski definition) is 3. The average molecular weight is 199 g/mol. The van der Waals surface area contributed by atoms with Crippen molar-refractivity contribution in [3.63, 3.8) is 0 Å². The molecule has 1 unspecified atom stereocenters. The van der Waals surface area contributed by atoms with E-state index >= 15 is 0 Å². The van der Waals surface area contributed by atoms with Crippen molar-refractivity contribution in [2.75, 3.05) is 6.61 Å². The van der Waals surface area contributed by atoms with Gasteiger partial charge in [0.05, 0.1) is 13.0 Å². The summed E-state index contributed by atoms with van der Waals surface area (Å²) in [6, 6.07) is -0.0360.